The Bertz CT molecular complexity index is 1170. The molecule has 2 N–H and O–H groups in total. The highest BCUT2D eigenvalue weighted by Gasteiger charge is 2.19. The molecule has 0 aliphatic carbocycles. The molecule has 0 spiro atoms. The first-order chi connectivity index (χ1) is 13.7. The van der Waals surface area contributed by atoms with Gasteiger partial charge in [-0.2, -0.15) is 0 Å². The summed E-state index contributed by atoms with van der Waals surface area (Å²) < 4.78 is 43.3. The summed E-state index contributed by atoms with van der Waals surface area (Å²) in [6.07, 6.45) is 0. The molecule has 2 aromatic carbocycles. The fourth-order valence-electron chi connectivity index (χ4n) is 2.87. The van der Waals surface area contributed by atoms with Crippen molar-refractivity contribution in [1.29, 1.82) is 0 Å². The molecule has 8 heteroatoms. The molecule has 0 atom stereocenters. The molecular weight excluding hydrogens is 393 g/mol. The molecule has 0 saturated carbocycles. The van der Waals surface area contributed by atoms with E-state index in [2.05, 4.69) is 10.0 Å². The van der Waals surface area contributed by atoms with Gasteiger partial charge in [-0.3, -0.25) is 9.52 Å². The molecule has 0 radical (unpaired) electrons. The quantitative estimate of drug-likeness (QED) is 0.647. The molecule has 152 valence electrons. The predicted molar refractivity (Wildman–Crippen MR) is 110 cm³/mol. The van der Waals surface area contributed by atoms with E-state index < -0.39 is 15.8 Å². The zero-order valence-electron chi connectivity index (χ0n) is 16.4. The van der Waals surface area contributed by atoms with Crippen LogP contribution in [0.1, 0.15) is 27.3 Å². The number of benzene rings is 2. The molecule has 1 aromatic heterocycles. The molecule has 1 amide bonds. The number of aryl methyl sites for hydroxylation is 2. The van der Waals surface area contributed by atoms with Gasteiger partial charge in [0, 0.05) is 24.0 Å². The lowest BCUT2D eigenvalue weighted by atomic mass is 10.1. The fourth-order valence-corrected chi connectivity index (χ4v) is 3.96. The number of nitrogens with one attached hydrogen (secondary N) is 2. The lowest BCUT2D eigenvalue weighted by Crippen LogP contribution is -2.25. The van der Waals surface area contributed by atoms with Crippen molar-refractivity contribution in [1.82, 2.24) is 9.88 Å². The second kappa shape index (κ2) is 8.08. The van der Waals surface area contributed by atoms with Crippen molar-refractivity contribution in [2.45, 2.75) is 25.3 Å². The van der Waals surface area contributed by atoms with E-state index in [1.54, 1.807) is 13.0 Å². The number of carbonyl (C=O) groups excluding carboxylic acids is 1. The summed E-state index contributed by atoms with van der Waals surface area (Å²) in [7, 11) is -2.15. The zero-order valence-corrected chi connectivity index (χ0v) is 17.2. The number of amides is 1. The van der Waals surface area contributed by atoms with E-state index in [4.69, 9.17) is 0 Å². The molecule has 0 aliphatic rings. The van der Waals surface area contributed by atoms with Crippen LogP contribution in [-0.4, -0.2) is 18.9 Å². The number of carbonyl (C=O) groups is 1. The number of nitrogens with zero attached hydrogens (tertiary/aromatic N) is 1. The summed E-state index contributed by atoms with van der Waals surface area (Å²) >= 11 is 0. The van der Waals surface area contributed by atoms with Crippen molar-refractivity contribution >= 4 is 21.6 Å². The summed E-state index contributed by atoms with van der Waals surface area (Å²) in [5, 5.41) is 2.81. The number of para-hydroxylation sites is 1. The minimum absolute atomic E-state index is 0.119. The van der Waals surface area contributed by atoms with Crippen LogP contribution in [0.25, 0.3) is 0 Å². The molecule has 0 fully saturated rings. The Kier molecular flexibility index (Phi) is 5.74. The number of halogens is 1. The van der Waals surface area contributed by atoms with Gasteiger partial charge in [0.25, 0.3) is 15.9 Å². The first kappa shape index (κ1) is 20.6. The van der Waals surface area contributed by atoms with Crippen LogP contribution >= 0.6 is 0 Å². The molecule has 1 heterocycles. The molecule has 29 heavy (non-hydrogen) atoms. The SMILES string of the molecule is Cc1ccc(S(=O)(=O)Nc2ccccc2F)cc1C(=O)NCc1ccc(C)n1C. The molecule has 0 bridgehead atoms. The average molecular weight is 415 g/mol. The topological polar surface area (TPSA) is 80.2 Å². The van der Waals surface area contributed by atoms with Gasteiger partial charge in [0.15, 0.2) is 0 Å². The van der Waals surface area contributed by atoms with Crippen LogP contribution in [0.15, 0.2) is 59.5 Å². The van der Waals surface area contributed by atoms with Crippen molar-refractivity contribution in [2.24, 2.45) is 7.05 Å². The van der Waals surface area contributed by atoms with Gasteiger partial charge in [-0.1, -0.05) is 18.2 Å². The molecule has 0 saturated heterocycles. The van der Waals surface area contributed by atoms with Crippen LogP contribution in [0.2, 0.25) is 0 Å². The number of sulfonamides is 1. The molecule has 3 aromatic rings. The van der Waals surface area contributed by atoms with E-state index in [1.165, 1.54) is 30.3 Å². The van der Waals surface area contributed by atoms with Gasteiger partial charge in [0.2, 0.25) is 0 Å². The van der Waals surface area contributed by atoms with Crippen molar-refractivity contribution in [3.63, 3.8) is 0 Å². The van der Waals surface area contributed by atoms with E-state index in [-0.39, 0.29) is 22.1 Å². The summed E-state index contributed by atoms with van der Waals surface area (Å²) in [5.74, 6) is -1.07. The summed E-state index contributed by atoms with van der Waals surface area (Å²) in [5.41, 5.74) is 2.72. The van der Waals surface area contributed by atoms with Crippen molar-refractivity contribution in [3.05, 3.63) is 82.9 Å². The normalized spacial score (nSPS) is 11.3. The second-order valence-corrected chi connectivity index (χ2v) is 8.45. The van der Waals surface area contributed by atoms with Crippen molar-refractivity contribution in [2.75, 3.05) is 4.72 Å². The Morgan fingerprint density at radius 2 is 1.79 bits per heavy atom. The number of hydrogen-bond donors (Lipinski definition) is 2. The molecular formula is C21H22FN3O3S. The highest BCUT2D eigenvalue weighted by Crippen LogP contribution is 2.21. The minimum atomic E-state index is -4.05. The highest BCUT2D eigenvalue weighted by molar-refractivity contribution is 7.92. The van der Waals surface area contributed by atoms with Gasteiger partial charge in [0.1, 0.15) is 5.82 Å². The maximum absolute atomic E-state index is 13.8. The number of aromatic nitrogens is 1. The smallest absolute Gasteiger partial charge is 0.262 e. The summed E-state index contributed by atoms with van der Waals surface area (Å²) in [4.78, 5) is 12.5. The molecule has 6 nitrogen and oxygen atoms in total. The third-order valence-electron chi connectivity index (χ3n) is 4.79. The number of hydrogen-bond acceptors (Lipinski definition) is 3. The Hall–Kier alpha value is -3.13. The maximum Gasteiger partial charge on any atom is 0.262 e. The van der Waals surface area contributed by atoms with E-state index in [0.29, 0.717) is 12.1 Å². The molecule has 0 unspecified atom stereocenters. The zero-order chi connectivity index (χ0) is 21.2. The van der Waals surface area contributed by atoms with Gasteiger partial charge < -0.3 is 9.88 Å². The maximum atomic E-state index is 13.8. The van der Waals surface area contributed by atoms with Crippen molar-refractivity contribution in [3.8, 4) is 0 Å². The van der Waals surface area contributed by atoms with Crippen LogP contribution in [0.4, 0.5) is 10.1 Å². The number of anilines is 1. The van der Waals surface area contributed by atoms with Gasteiger partial charge in [-0.15, -0.1) is 0 Å². The van der Waals surface area contributed by atoms with Gasteiger partial charge >= 0.3 is 0 Å². The van der Waals surface area contributed by atoms with Crippen LogP contribution < -0.4 is 10.0 Å². The lowest BCUT2D eigenvalue weighted by Gasteiger charge is -2.12. The number of rotatable bonds is 6. The lowest BCUT2D eigenvalue weighted by molar-refractivity contribution is 0.0949. The van der Waals surface area contributed by atoms with Gasteiger partial charge in [0.05, 0.1) is 17.1 Å². The Morgan fingerprint density at radius 1 is 1.07 bits per heavy atom. The standard InChI is InChI=1S/C21H22FN3O3S/c1-14-8-11-17(29(27,28)24-20-7-5-4-6-19(20)22)12-18(14)21(26)23-13-16-10-9-15(2)25(16)3/h4-12,24H,13H2,1-3H3,(H,23,26). The van der Waals surface area contributed by atoms with Crippen LogP contribution in [0, 0.1) is 19.7 Å². The van der Waals surface area contributed by atoms with Crippen molar-refractivity contribution < 1.29 is 17.6 Å². The summed E-state index contributed by atoms with van der Waals surface area (Å²) in [6, 6.07) is 13.6. The van der Waals surface area contributed by atoms with Crippen LogP contribution in [-0.2, 0) is 23.6 Å². The average Bonchev–Trinajstić information content (AvgIpc) is 3.00. The molecule has 0 aliphatic heterocycles. The predicted octanol–water partition coefficient (Wildman–Crippen LogP) is 3.51. The van der Waals surface area contributed by atoms with E-state index in [1.807, 2.05) is 30.7 Å². The first-order valence-electron chi connectivity index (χ1n) is 8.96. The third-order valence-corrected chi connectivity index (χ3v) is 6.15. The van der Waals surface area contributed by atoms with E-state index in [9.17, 15) is 17.6 Å². The fraction of sp³-hybridized carbons (Fsp3) is 0.190. The second-order valence-electron chi connectivity index (χ2n) is 6.77. The molecule has 3 rings (SSSR count). The Morgan fingerprint density at radius 3 is 2.45 bits per heavy atom. The van der Waals surface area contributed by atoms with E-state index in [0.717, 1.165) is 17.5 Å². The van der Waals surface area contributed by atoms with Gasteiger partial charge in [-0.25, -0.2) is 12.8 Å². The Labute approximate surface area is 169 Å². The first-order valence-corrected chi connectivity index (χ1v) is 10.4. The van der Waals surface area contributed by atoms with Gasteiger partial charge in [-0.05, 0) is 55.8 Å². The highest BCUT2D eigenvalue weighted by atomic mass is 32.2. The third kappa shape index (κ3) is 4.48. The monoisotopic (exact) mass is 415 g/mol. The minimum Gasteiger partial charge on any atom is -0.350 e. The van der Waals surface area contributed by atoms with Crippen LogP contribution in [0.3, 0.4) is 0 Å². The van der Waals surface area contributed by atoms with E-state index >= 15 is 0 Å². The summed E-state index contributed by atoms with van der Waals surface area (Å²) in [6.45, 7) is 4.00. The largest absolute Gasteiger partial charge is 0.350 e. The Balaban J connectivity index is 1.82. The van der Waals surface area contributed by atoms with Crippen LogP contribution in [0.5, 0.6) is 0 Å².